The Hall–Kier alpha value is -3.23. The van der Waals surface area contributed by atoms with E-state index in [0.717, 1.165) is 5.75 Å². The highest BCUT2D eigenvalue weighted by molar-refractivity contribution is 5.93. The Morgan fingerprint density at radius 3 is 2.50 bits per heavy atom. The lowest BCUT2D eigenvalue weighted by Crippen LogP contribution is -2.45. The highest BCUT2D eigenvalue weighted by Gasteiger charge is 2.24. The summed E-state index contributed by atoms with van der Waals surface area (Å²) in [6.45, 7) is 2.05. The van der Waals surface area contributed by atoms with Gasteiger partial charge >= 0.3 is 18.0 Å². The summed E-state index contributed by atoms with van der Waals surface area (Å²) in [7, 11) is 1.59. The SMILES string of the molecule is CCOC(=O)C1=C(COC(=O)CCCOc2ccc(OC)cc2)NC(=O)NC1. The van der Waals surface area contributed by atoms with Crippen LogP contribution in [0.15, 0.2) is 35.5 Å². The molecule has 1 aliphatic rings. The topological polar surface area (TPSA) is 112 Å². The Balaban J connectivity index is 1.75. The van der Waals surface area contributed by atoms with Crippen molar-refractivity contribution >= 4 is 18.0 Å². The van der Waals surface area contributed by atoms with Crippen LogP contribution in [0.1, 0.15) is 19.8 Å². The van der Waals surface area contributed by atoms with E-state index in [9.17, 15) is 14.4 Å². The second-order valence-electron chi connectivity index (χ2n) is 5.77. The van der Waals surface area contributed by atoms with Crippen LogP contribution >= 0.6 is 0 Å². The van der Waals surface area contributed by atoms with Crippen molar-refractivity contribution < 1.29 is 33.3 Å². The first kappa shape index (κ1) is 21.1. The van der Waals surface area contributed by atoms with E-state index in [-0.39, 0.29) is 37.4 Å². The number of benzene rings is 1. The second kappa shape index (κ2) is 10.8. The molecule has 0 bridgehead atoms. The number of esters is 2. The third-order valence-corrected chi connectivity index (χ3v) is 3.81. The first-order valence-corrected chi connectivity index (χ1v) is 8.90. The molecule has 2 N–H and O–H groups in total. The molecular weight excluding hydrogens is 368 g/mol. The normalized spacial score (nSPS) is 13.3. The van der Waals surface area contributed by atoms with E-state index in [1.807, 2.05) is 0 Å². The zero-order valence-corrected chi connectivity index (χ0v) is 15.9. The summed E-state index contributed by atoms with van der Waals surface area (Å²) in [4.78, 5) is 35.3. The third kappa shape index (κ3) is 6.49. The first-order chi connectivity index (χ1) is 13.5. The van der Waals surface area contributed by atoms with E-state index in [1.54, 1.807) is 38.3 Å². The minimum Gasteiger partial charge on any atom is -0.497 e. The number of urea groups is 1. The van der Waals surface area contributed by atoms with Crippen molar-refractivity contribution in [3.05, 3.63) is 35.5 Å². The van der Waals surface area contributed by atoms with Crippen molar-refractivity contribution in [1.82, 2.24) is 10.6 Å². The van der Waals surface area contributed by atoms with Crippen LogP contribution in [0.2, 0.25) is 0 Å². The van der Waals surface area contributed by atoms with Gasteiger partial charge in [-0.3, -0.25) is 4.79 Å². The number of nitrogens with one attached hydrogen (secondary N) is 2. The van der Waals surface area contributed by atoms with Gasteiger partial charge in [0.05, 0.1) is 38.1 Å². The lowest BCUT2D eigenvalue weighted by atomic mass is 10.1. The molecule has 9 heteroatoms. The number of ether oxygens (including phenoxy) is 4. The van der Waals surface area contributed by atoms with E-state index in [2.05, 4.69) is 10.6 Å². The van der Waals surface area contributed by atoms with Gasteiger partial charge in [0.2, 0.25) is 0 Å². The van der Waals surface area contributed by atoms with Gasteiger partial charge in [-0.15, -0.1) is 0 Å². The largest absolute Gasteiger partial charge is 0.497 e. The predicted molar refractivity (Wildman–Crippen MR) is 98.9 cm³/mol. The molecule has 1 aromatic carbocycles. The average Bonchev–Trinajstić information content (AvgIpc) is 2.70. The molecule has 0 atom stereocenters. The van der Waals surface area contributed by atoms with Gasteiger partial charge in [-0.25, -0.2) is 9.59 Å². The van der Waals surface area contributed by atoms with E-state index >= 15 is 0 Å². The van der Waals surface area contributed by atoms with Gasteiger partial charge in [0.15, 0.2) is 0 Å². The number of carbonyl (C=O) groups is 3. The van der Waals surface area contributed by atoms with Crippen molar-refractivity contribution in [3.8, 4) is 11.5 Å². The minimum absolute atomic E-state index is 0.0211. The van der Waals surface area contributed by atoms with Crippen LogP contribution in [-0.4, -0.2) is 51.4 Å². The summed E-state index contributed by atoms with van der Waals surface area (Å²) in [5.41, 5.74) is 0.460. The molecule has 9 nitrogen and oxygen atoms in total. The standard InChI is InChI=1S/C19H24N2O7/c1-3-26-18(23)15-11-20-19(24)21-16(15)12-28-17(22)5-4-10-27-14-8-6-13(25-2)7-9-14/h6-9H,3-5,10-12H2,1-2H3,(H2,20,21,24). The fourth-order valence-corrected chi connectivity index (χ4v) is 2.37. The van der Waals surface area contributed by atoms with Crippen LogP contribution in [0.4, 0.5) is 4.79 Å². The monoisotopic (exact) mass is 392 g/mol. The van der Waals surface area contributed by atoms with Gasteiger partial charge in [-0.1, -0.05) is 0 Å². The Kier molecular flexibility index (Phi) is 8.13. The van der Waals surface area contributed by atoms with Crippen molar-refractivity contribution in [3.63, 3.8) is 0 Å². The molecule has 0 radical (unpaired) electrons. The molecule has 0 saturated heterocycles. The summed E-state index contributed by atoms with van der Waals surface area (Å²) in [6, 6.07) is 6.66. The molecule has 28 heavy (non-hydrogen) atoms. The molecule has 0 aliphatic carbocycles. The molecule has 2 rings (SSSR count). The Labute approximate surface area is 163 Å². The van der Waals surface area contributed by atoms with Gasteiger partial charge in [0, 0.05) is 6.42 Å². The highest BCUT2D eigenvalue weighted by atomic mass is 16.5. The van der Waals surface area contributed by atoms with Gasteiger partial charge in [-0.05, 0) is 37.6 Å². The maximum absolute atomic E-state index is 11.9. The lowest BCUT2D eigenvalue weighted by molar-refractivity contribution is -0.143. The Morgan fingerprint density at radius 1 is 1.11 bits per heavy atom. The van der Waals surface area contributed by atoms with Crippen LogP contribution in [0, 0.1) is 0 Å². The Bertz CT molecular complexity index is 728. The maximum Gasteiger partial charge on any atom is 0.337 e. The quantitative estimate of drug-likeness (QED) is 0.459. The number of hydrogen-bond donors (Lipinski definition) is 2. The molecule has 0 spiro atoms. The molecule has 1 aromatic rings. The average molecular weight is 392 g/mol. The predicted octanol–water partition coefficient (Wildman–Crippen LogP) is 1.53. The van der Waals surface area contributed by atoms with Crippen LogP contribution < -0.4 is 20.1 Å². The van der Waals surface area contributed by atoms with Crippen LogP contribution in [-0.2, 0) is 19.1 Å². The molecule has 152 valence electrons. The summed E-state index contributed by atoms with van der Waals surface area (Å²) in [5.74, 6) is 0.393. The summed E-state index contributed by atoms with van der Waals surface area (Å²) in [5, 5.41) is 4.96. The zero-order valence-electron chi connectivity index (χ0n) is 15.9. The molecule has 0 aromatic heterocycles. The summed E-state index contributed by atoms with van der Waals surface area (Å²) >= 11 is 0. The molecule has 2 amide bonds. The third-order valence-electron chi connectivity index (χ3n) is 3.81. The number of hydrogen-bond acceptors (Lipinski definition) is 7. The van der Waals surface area contributed by atoms with Crippen molar-refractivity contribution in [2.75, 3.05) is 33.5 Å². The summed E-state index contributed by atoms with van der Waals surface area (Å²) in [6.07, 6.45) is 0.604. The molecule has 0 saturated carbocycles. The lowest BCUT2D eigenvalue weighted by Gasteiger charge is -2.21. The highest BCUT2D eigenvalue weighted by Crippen LogP contribution is 2.17. The smallest absolute Gasteiger partial charge is 0.337 e. The van der Waals surface area contributed by atoms with Crippen molar-refractivity contribution in [2.45, 2.75) is 19.8 Å². The fourth-order valence-electron chi connectivity index (χ4n) is 2.37. The molecule has 0 unspecified atom stereocenters. The zero-order chi connectivity index (χ0) is 20.4. The minimum atomic E-state index is -0.561. The second-order valence-corrected chi connectivity index (χ2v) is 5.77. The van der Waals surface area contributed by atoms with Gasteiger partial charge < -0.3 is 29.6 Å². The Morgan fingerprint density at radius 2 is 1.82 bits per heavy atom. The number of methoxy groups -OCH3 is 1. The van der Waals surface area contributed by atoms with Crippen molar-refractivity contribution in [2.24, 2.45) is 0 Å². The fraction of sp³-hybridized carbons (Fsp3) is 0.421. The maximum atomic E-state index is 11.9. The van der Waals surface area contributed by atoms with Crippen LogP contribution in [0.25, 0.3) is 0 Å². The van der Waals surface area contributed by atoms with Gasteiger partial charge in [-0.2, -0.15) is 0 Å². The van der Waals surface area contributed by atoms with E-state index in [0.29, 0.717) is 18.8 Å². The van der Waals surface area contributed by atoms with Crippen molar-refractivity contribution in [1.29, 1.82) is 0 Å². The molecule has 0 fully saturated rings. The number of rotatable bonds is 10. The molecule has 1 heterocycles. The molecular formula is C19H24N2O7. The number of amides is 2. The van der Waals surface area contributed by atoms with Crippen LogP contribution in [0.5, 0.6) is 11.5 Å². The van der Waals surface area contributed by atoms with E-state index < -0.39 is 18.0 Å². The molecule has 1 aliphatic heterocycles. The van der Waals surface area contributed by atoms with E-state index in [1.165, 1.54) is 0 Å². The first-order valence-electron chi connectivity index (χ1n) is 8.90. The van der Waals surface area contributed by atoms with Gasteiger partial charge in [0.25, 0.3) is 0 Å². The number of carbonyl (C=O) groups excluding carboxylic acids is 3. The summed E-state index contributed by atoms with van der Waals surface area (Å²) < 4.78 is 20.7. The van der Waals surface area contributed by atoms with Crippen LogP contribution in [0.3, 0.4) is 0 Å². The van der Waals surface area contributed by atoms with E-state index in [4.69, 9.17) is 18.9 Å². The van der Waals surface area contributed by atoms with Gasteiger partial charge in [0.1, 0.15) is 18.1 Å².